The molecule has 2 N–H and O–H groups in total. The van der Waals surface area contributed by atoms with Gasteiger partial charge in [-0.25, -0.2) is 4.79 Å². The molecule has 0 aromatic rings. The minimum atomic E-state index is -1.03. The maximum Gasteiger partial charge on any atom is 0.327 e. The van der Waals surface area contributed by atoms with E-state index >= 15 is 0 Å². The van der Waals surface area contributed by atoms with E-state index in [1.165, 1.54) is 32.1 Å². The van der Waals surface area contributed by atoms with Crippen molar-refractivity contribution in [3.05, 3.63) is 24.3 Å². The summed E-state index contributed by atoms with van der Waals surface area (Å²) in [6.07, 6.45) is 20.5. The average Bonchev–Trinajstić information content (AvgIpc) is 2.59. The van der Waals surface area contributed by atoms with Gasteiger partial charge >= 0.3 is 5.97 Å². The molecule has 0 aromatic heterocycles. The lowest BCUT2D eigenvalue weighted by Crippen LogP contribution is -2.42. The van der Waals surface area contributed by atoms with Crippen LogP contribution in [0.3, 0.4) is 0 Å². The molecular formula is C20H35NO3S. The van der Waals surface area contributed by atoms with Gasteiger partial charge in [0.25, 0.3) is 0 Å². The lowest BCUT2D eigenvalue weighted by Gasteiger charge is -2.11. The number of hydrogen-bond donors (Lipinski definition) is 3. The zero-order valence-corrected chi connectivity index (χ0v) is 16.5. The molecular weight excluding hydrogens is 334 g/mol. The van der Waals surface area contributed by atoms with Gasteiger partial charge in [-0.2, -0.15) is 12.6 Å². The monoisotopic (exact) mass is 369 g/mol. The summed E-state index contributed by atoms with van der Waals surface area (Å²) in [5, 5.41) is 11.3. The van der Waals surface area contributed by atoms with Crippen molar-refractivity contribution in [1.82, 2.24) is 5.32 Å². The Kier molecular flexibility index (Phi) is 16.7. The molecule has 1 amide bonds. The number of amides is 1. The first-order valence-electron chi connectivity index (χ1n) is 9.54. The van der Waals surface area contributed by atoms with Gasteiger partial charge in [-0.1, -0.05) is 63.3 Å². The van der Waals surface area contributed by atoms with Gasteiger partial charge < -0.3 is 10.4 Å². The molecule has 0 aliphatic rings. The summed E-state index contributed by atoms with van der Waals surface area (Å²) < 4.78 is 0. The van der Waals surface area contributed by atoms with E-state index in [0.29, 0.717) is 6.42 Å². The van der Waals surface area contributed by atoms with Crippen molar-refractivity contribution in [1.29, 1.82) is 0 Å². The van der Waals surface area contributed by atoms with Crippen LogP contribution < -0.4 is 5.32 Å². The molecule has 25 heavy (non-hydrogen) atoms. The SMILES string of the molecule is CCCC/C=C\C/C=C\CCCCCCCC(=O)N[C@@H](CS)C(=O)O. The Labute approximate surface area is 158 Å². The summed E-state index contributed by atoms with van der Waals surface area (Å²) in [5.74, 6) is -1.12. The van der Waals surface area contributed by atoms with E-state index in [1.807, 2.05) is 0 Å². The number of allylic oxidation sites excluding steroid dienone is 4. The number of carbonyl (C=O) groups is 2. The predicted molar refractivity (Wildman–Crippen MR) is 108 cm³/mol. The second kappa shape index (κ2) is 17.6. The Bertz CT molecular complexity index is 408. The van der Waals surface area contributed by atoms with Crippen molar-refractivity contribution >= 4 is 24.5 Å². The largest absolute Gasteiger partial charge is 0.480 e. The van der Waals surface area contributed by atoms with E-state index in [4.69, 9.17) is 5.11 Å². The van der Waals surface area contributed by atoms with Crippen molar-refractivity contribution < 1.29 is 14.7 Å². The molecule has 0 rings (SSSR count). The van der Waals surface area contributed by atoms with Crippen molar-refractivity contribution in [2.75, 3.05) is 5.75 Å². The van der Waals surface area contributed by atoms with Crippen molar-refractivity contribution in [2.24, 2.45) is 0 Å². The second-order valence-corrected chi connectivity index (χ2v) is 6.63. The quantitative estimate of drug-likeness (QED) is 0.206. The van der Waals surface area contributed by atoms with Crippen LogP contribution in [0.15, 0.2) is 24.3 Å². The zero-order chi connectivity index (χ0) is 18.8. The number of nitrogens with one attached hydrogen (secondary N) is 1. The van der Waals surface area contributed by atoms with Crippen LogP contribution in [0.5, 0.6) is 0 Å². The van der Waals surface area contributed by atoms with Crippen molar-refractivity contribution in [3.63, 3.8) is 0 Å². The van der Waals surface area contributed by atoms with Gasteiger partial charge in [0.1, 0.15) is 6.04 Å². The molecule has 4 nitrogen and oxygen atoms in total. The van der Waals surface area contributed by atoms with E-state index in [9.17, 15) is 9.59 Å². The maximum atomic E-state index is 11.6. The third-order valence-corrected chi connectivity index (χ3v) is 4.29. The van der Waals surface area contributed by atoms with Gasteiger partial charge in [0.2, 0.25) is 5.91 Å². The van der Waals surface area contributed by atoms with E-state index in [0.717, 1.165) is 32.1 Å². The number of carboxylic acid groups (broad SMARTS) is 1. The van der Waals surface area contributed by atoms with E-state index in [2.05, 4.69) is 49.2 Å². The fourth-order valence-electron chi connectivity index (χ4n) is 2.36. The Balaban J connectivity index is 3.45. The fraction of sp³-hybridized carbons (Fsp3) is 0.700. The third-order valence-electron chi connectivity index (χ3n) is 3.92. The van der Waals surface area contributed by atoms with E-state index in [1.54, 1.807) is 0 Å². The van der Waals surface area contributed by atoms with Crippen LogP contribution in [0.1, 0.15) is 77.6 Å². The van der Waals surface area contributed by atoms with Gasteiger partial charge in [-0.3, -0.25) is 4.79 Å². The maximum absolute atomic E-state index is 11.6. The number of rotatable bonds is 16. The summed E-state index contributed by atoms with van der Waals surface area (Å²) in [6, 6.07) is -0.885. The third kappa shape index (κ3) is 16.0. The first kappa shape index (κ1) is 23.8. The topological polar surface area (TPSA) is 66.4 Å². The molecule has 0 bridgehead atoms. The molecule has 0 saturated heterocycles. The fourth-order valence-corrected chi connectivity index (χ4v) is 2.61. The van der Waals surface area contributed by atoms with E-state index < -0.39 is 12.0 Å². The van der Waals surface area contributed by atoms with Crippen LogP contribution in [0.2, 0.25) is 0 Å². The average molecular weight is 370 g/mol. The highest BCUT2D eigenvalue weighted by Gasteiger charge is 2.17. The molecule has 0 aromatic carbocycles. The Hall–Kier alpha value is -1.23. The van der Waals surface area contributed by atoms with Gasteiger partial charge in [-0.15, -0.1) is 0 Å². The second-order valence-electron chi connectivity index (χ2n) is 6.27. The smallest absolute Gasteiger partial charge is 0.327 e. The molecule has 0 fully saturated rings. The molecule has 144 valence electrons. The van der Waals surface area contributed by atoms with Gasteiger partial charge in [0.15, 0.2) is 0 Å². The molecule has 0 radical (unpaired) electrons. The molecule has 0 saturated carbocycles. The number of thiol groups is 1. The van der Waals surface area contributed by atoms with E-state index in [-0.39, 0.29) is 11.7 Å². The van der Waals surface area contributed by atoms with Gasteiger partial charge in [-0.05, 0) is 32.1 Å². The normalized spacial score (nSPS) is 12.7. The molecule has 1 atom stereocenters. The summed E-state index contributed by atoms with van der Waals surface area (Å²) in [4.78, 5) is 22.4. The lowest BCUT2D eigenvalue weighted by atomic mass is 10.1. The Morgan fingerprint density at radius 3 is 2.16 bits per heavy atom. The van der Waals surface area contributed by atoms with Crippen LogP contribution in [0, 0.1) is 0 Å². The van der Waals surface area contributed by atoms with Crippen LogP contribution in [-0.4, -0.2) is 28.8 Å². The van der Waals surface area contributed by atoms with Gasteiger partial charge in [0.05, 0.1) is 0 Å². The molecule has 0 aliphatic heterocycles. The minimum absolute atomic E-state index is 0.114. The molecule has 0 unspecified atom stereocenters. The van der Waals surface area contributed by atoms with Crippen molar-refractivity contribution in [2.45, 2.75) is 83.6 Å². The first-order chi connectivity index (χ1) is 12.1. The Morgan fingerprint density at radius 1 is 0.960 bits per heavy atom. The lowest BCUT2D eigenvalue weighted by molar-refractivity contribution is -0.141. The number of carboxylic acids is 1. The summed E-state index contributed by atoms with van der Waals surface area (Å²) in [6.45, 7) is 2.21. The zero-order valence-electron chi connectivity index (χ0n) is 15.6. The van der Waals surface area contributed by atoms with Crippen LogP contribution in [0.25, 0.3) is 0 Å². The summed E-state index contributed by atoms with van der Waals surface area (Å²) >= 11 is 3.92. The summed E-state index contributed by atoms with van der Waals surface area (Å²) in [5.41, 5.74) is 0. The van der Waals surface area contributed by atoms with Crippen LogP contribution in [0.4, 0.5) is 0 Å². The standard InChI is InChI=1S/C20H35NO3S/c1-2-3-4-5-6-7-8-9-10-11-12-13-14-15-16-19(22)21-18(17-25)20(23)24/h5-6,8-9,18,25H,2-4,7,10-17H2,1H3,(H,21,22)(H,23,24)/b6-5-,9-8-/t18-/m0/s1. The van der Waals surface area contributed by atoms with Crippen LogP contribution >= 0.6 is 12.6 Å². The summed E-state index contributed by atoms with van der Waals surface area (Å²) in [7, 11) is 0. The minimum Gasteiger partial charge on any atom is -0.480 e. The molecule has 0 aliphatic carbocycles. The first-order valence-corrected chi connectivity index (χ1v) is 10.2. The molecule has 5 heteroatoms. The number of unbranched alkanes of at least 4 members (excludes halogenated alkanes) is 7. The Morgan fingerprint density at radius 2 is 1.56 bits per heavy atom. The van der Waals surface area contributed by atoms with Gasteiger partial charge in [0, 0.05) is 12.2 Å². The molecule has 0 spiro atoms. The highest BCUT2D eigenvalue weighted by atomic mass is 32.1. The number of hydrogen-bond acceptors (Lipinski definition) is 3. The highest BCUT2D eigenvalue weighted by Crippen LogP contribution is 2.08. The highest BCUT2D eigenvalue weighted by molar-refractivity contribution is 7.80. The predicted octanol–water partition coefficient (Wildman–Crippen LogP) is 4.91. The number of carbonyl (C=O) groups excluding carboxylic acids is 1. The number of aliphatic carboxylic acids is 1. The molecule has 0 heterocycles. The van der Waals surface area contributed by atoms with Crippen LogP contribution in [-0.2, 0) is 9.59 Å². The van der Waals surface area contributed by atoms with Crippen molar-refractivity contribution in [3.8, 4) is 0 Å².